The molecule has 0 aromatic heterocycles. The van der Waals surface area contributed by atoms with Crippen molar-refractivity contribution in [3.8, 4) is 5.75 Å². The molecule has 1 aliphatic heterocycles. The topological polar surface area (TPSA) is 26.3 Å². The van der Waals surface area contributed by atoms with Gasteiger partial charge in [0, 0.05) is 21.8 Å². The Bertz CT molecular complexity index is 715. The molecule has 1 heterocycles. The van der Waals surface area contributed by atoms with Gasteiger partial charge in [-0.15, -0.1) is 0 Å². The average molecular weight is 309 g/mol. The monoisotopic (exact) mass is 308 g/mol. The number of fused-ring (bicyclic) bond motifs is 2. The van der Waals surface area contributed by atoms with Crippen molar-refractivity contribution in [2.75, 3.05) is 7.11 Å². The number of methoxy groups -OCH3 is 1. The van der Waals surface area contributed by atoms with Crippen LogP contribution in [0.3, 0.4) is 0 Å². The fourth-order valence-corrected chi connectivity index (χ4v) is 3.52. The largest absolute Gasteiger partial charge is 0.495 e. The van der Waals surface area contributed by atoms with Crippen molar-refractivity contribution in [2.45, 2.75) is 16.2 Å². The van der Waals surface area contributed by atoms with Gasteiger partial charge in [0.1, 0.15) is 11.6 Å². The summed E-state index contributed by atoms with van der Waals surface area (Å²) in [7, 11) is 1.52. The number of hydrogen-bond acceptors (Lipinski definition) is 3. The maximum absolute atomic E-state index is 13.4. The van der Waals surface area contributed by atoms with Crippen molar-refractivity contribution in [3.05, 3.63) is 52.3 Å². The van der Waals surface area contributed by atoms with Gasteiger partial charge in [-0.3, -0.25) is 4.79 Å². The normalized spacial score (nSPS) is 13.4. The highest BCUT2D eigenvalue weighted by molar-refractivity contribution is 7.99. The Kier molecular flexibility index (Phi) is 3.44. The molecule has 0 fully saturated rings. The van der Waals surface area contributed by atoms with Crippen molar-refractivity contribution in [1.82, 2.24) is 0 Å². The molecule has 0 aliphatic carbocycles. The number of ether oxygens (including phenoxy) is 1. The van der Waals surface area contributed by atoms with Crippen LogP contribution in [0.25, 0.3) is 0 Å². The number of hydrogen-bond donors (Lipinski definition) is 0. The van der Waals surface area contributed by atoms with Crippen molar-refractivity contribution in [1.29, 1.82) is 0 Å². The summed E-state index contributed by atoms with van der Waals surface area (Å²) in [5, 5.41) is 0.400. The molecule has 3 rings (SSSR count). The molecule has 0 atom stereocenters. The summed E-state index contributed by atoms with van der Waals surface area (Å²) in [5.74, 6) is 0.168. The van der Waals surface area contributed by atoms with Crippen LogP contribution in [0, 0.1) is 5.82 Å². The molecule has 0 radical (unpaired) electrons. The van der Waals surface area contributed by atoms with Gasteiger partial charge < -0.3 is 4.74 Å². The van der Waals surface area contributed by atoms with E-state index in [1.807, 2.05) is 0 Å². The molecule has 0 unspecified atom stereocenters. The summed E-state index contributed by atoms with van der Waals surface area (Å²) in [5.41, 5.74) is 1.38. The number of carbonyl (C=O) groups excluding carboxylic acids is 1. The molecule has 0 saturated heterocycles. The van der Waals surface area contributed by atoms with E-state index in [0.717, 1.165) is 15.4 Å². The third kappa shape index (κ3) is 2.30. The number of benzene rings is 2. The molecule has 0 amide bonds. The predicted molar refractivity (Wildman–Crippen MR) is 76.6 cm³/mol. The highest BCUT2D eigenvalue weighted by Gasteiger charge is 2.22. The number of rotatable bonds is 1. The van der Waals surface area contributed by atoms with Gasteiger partial charge in [0.25, 0.3) is 0 Å². The molecule has 2 aromatic rings. The van der Waals surface area contributed by atoms with E-state index in [0.29, 0.717) is 16.3 Å². The lowest BCUT2D eigenvalue weighted by molar-refractivity contribution is 0.0990. The van der Waals surface area contributed by atoms with Crippen molar-refractivity contribution in [3.63, 3.8) is 0 Å². The molecule has 2 aromatic carbocycles. The third-order valence-corrected chi connectivity index (χ3v) is 4.61. The Morgan fingerprint density at radius 2 is 2.05 bits per heavy atom. The van der Waals surface area contributed by atoms with Gasteiger partial charge in [0.15, 0.2) is 5.78 Å². The molecule has 1 aliphatic rings. The minimum absolute atomic E-state index is 0.0255. The quantitative estimate of drug-likeness (QED) is 0.782. The molecule has 102 valence electrons. The van der Waals surface area contributed by atoms with Crippen LogP contribution in [-0.2, 0) is 6.42 Å². The van der Waals surface area contributed by atoms with Crippen LogP contribution in [0.5, 0.6) is 5.75 Å². The summed E-state index contributed by atoms with van der Waals surface area (Å²) >= 11 is 7.43. The zero-order valence-electron chi connectivity index (χ0n) is 10.6. The van der Waals surface area contributed by atoms with Gasteiger partial charge in [0.2, 0.25) is 0 Å². The van der Waals surface area contributed by atoms with Gasteiger partial charge in [-0.05, 0) is 29.8 Å². The molecule has 20 heavy (non-hydrogen) atoms. The summed E-state index contributed by atoms with van der Waals surface area (Å²) in [6.07, 6.45) is 0.248. The SMILES string of the molecule is COc1cc2c(cc1Cl)C(=O)Cc1ccc(F)cc1S2. The molecular weight excluding hydrogens is 299 g/mol. The second-order valence-corrected chi connectivity index (χ2v) is 5.93. The van der Waals surface area contributed by atoms with Crippen LogP contribution in [0.15, 0.2) is 40.1 Å². The van der Waals surface area contributed by atoms with E-state index in [-0.39, 0.29) is 18.0 Å². The average Bonchev–Trinajstić information content (AvgIpc) is 2.54. The van der Waals surface area contributed by atoms with Crippen LogP contribution in [-0.4, -0.2) is 12.9 Å². The molecule has 5 heteroatoms. The van der Waals surface area contributed by atoms with Crippen LogP contribution < -0.4 is 4.74 Å². The summed E-state index contributed by atoms with van der Waals surface area (Å²) in [4.78, 5) is 13.8. The fraction of sp³-hybridized carbons (Fsp3) is 0.133. The van der Waals surface area contributed by atoms with Crippen molar-refractivity contribution >= 4 is 29.1 Å². The first-order valence-corrected chi connectivity index (χ1v) is 7.15. The van der Waals surface area contributed by atoms with E-state index in [1.54, 1.807) is 18.2 Å². The Hall–Kier alpha value is -1.52. The van der Waals surface area contributed by atoms with Gasteiger partial charge in [-0.25, -0.2) is 4.39 Å². The van der Waals surface area contributed by atoms with Crippen LogP contribution in [0.4, 0.5) is 4.39 Å². The Morgan fingerprint density at radius 3 is 2.80 bits per heavy atom. The van der Waals surface area contributed by atoms with E-state index in [9.17, 15) is 9.18 Å². The second kappa shape index (κ2) is 5.11. The molecule has 0 saturated carbocycles. The Morgan fingerprint density at radius 1 is 1.25 bits per heavy atom. The number of halogens is 2. The maximum Gasteiger partial charge on any atom is 0.168 e. The number of Topliss-reactive ketones (excluding diaryl/α,β-unsaturated/α-hetero) is 1. The van der Waals surface area contributed by atoms with Crippen LogP contribution >= 0.6 is 23.4 Å². The number of carbonyl (C=O) groups is 1. The fourth-order valence-electron chi connectivity index (χ4n) is 2.15. The predicted octanol–water partition coefficient (Wildman–Crippen LogP) is 4.38. The highest BCUT2D eigenvalue weighted by Crippen LogP contribution is 2.41. The molecular formula is C15H10ClFO2S. The van der Waals surface area contributed by atoms with E-state index < -0.39 is 0 Å². The zero-order chi connectivity index (χ0) is 14.3. The Balaban J connectivity index is 2.17. The van der Waals surface area contributed by atoms with Gasteiger partial charge in [0.05, 0.1) is 12.1 Å². The van der Waals surface area contributed by atoms with Crippen LogP contribution in [0.1, 0.15) is 15.9 Å². The lowest BCUT2D eigenvalue weighted by atomic mass is 10.0. The van der Waals surface area contributed by atoms with Crippen molar-refractivity contribution in [2.24, 2.45) is 0 Å². The van der Waals surface area contributed by atoms with Gasteiger partial charge >= 0.3 is 0 Å². The summed E-state index contributed by atoms with van der Waals surface area (Å²) < 4.78 is 18.5. The highest BCUT2D eigenvalue weighted by atomic mass is 35.5. The first-order chi connectivity index (χ1) is 9.58. The van der Waals surface area contributed by atoms with E-state index in [4.69, 9.17) is 16.3 Å². The van der Waals surface area contributed by atoms with Gasteiger partial charge in [-0.2, -0.15) is 0 Å². The minimum Gasteiger partial charge on any atom is -0.495 e. The lowest BCUT2D eigenvalue weighted by Crippen LogP contribution is -2.03. The third-order valence-electron chi connectivity index (χ3n) is 3.15. The maximum atomic E-state index is 13.4. The van der Waals surface area contributed by atoms with Crippen molar-refractivity contribution < 1.29 is 13.9 Å². The summed E-state index contributed by atoms with van der Waals surface area (Å²) in [6, 6.07) is 7.81. The first kappa shape index (κ1) is 13.5. The smallest absolute Gasteiger partial charge is 0.168 e. The first-order valence-electron chi connectivity index (χ1n) is 5.95. The zero-order valence-corrected chi connectivity index (χ0v) is 12.1. The molecule has 0 bridgehead atoms. The summed E-state index contributed by atoms with van der Waals surface area (Å²) in [6.45, 7) is 0. The van der Waals surface area contributed by atoms with E-state index in [1.165, 1.54) is 31.0 Å². The number of ketones is 1. The van der Waals surface area contributed by atoms with Gasteiger partial charge in [-0.1, -0.05) is 29.4 Å². The lowest BCUT2D eigenvalue weighted by Gasteiger charge is -2.09. The van der Waals surface area contributed by atoms with E-state index in [2.05, 4.69) is 0 Å². The molecule has 0 spiro atoms. The van der Waals surface area contributed by atoms with E-state index >= 15 is 0 Å². The standard InChI is InChI=1S/C15H10ClFO2S/c1-19-13-7-15-10(6-11(13)16)12(18)4-8-2-3-9(17)5-14(8)20-15/h2-3,5-7H,4H2,1H3. The second-order valence-electron chi connectivity index (χ2n) is 4.44. The van der Waals surface area contributed by atoms with Crippen LogP contribution in [0.2, 0.25) is 5.02 Å². The molecule has 0 N–H and O–H groups in total. The Labute approximate surface area is 124 Å². The minimum atomic E-state index is -0.312. The molecule has 2 nitrogen and oxygen atoms in total.